The second-order valence-electron chi connectivity index (χ2n) is 7.09. The first kappa shape index (κ1) is 19.1. The number of nitrogens with zero attached hydrogens (tertiary/aromatic N) is 3. The van der Waals surface area contributed by atoms with Crippen LogP contribution in [0.25, 0.3) is 5.69 Å². The number of carbonyl (C=O) groups excluding carboxylic acids is 2. The summed E-state index contributed by atoms with van der Waals surface area (Å²) < 4.78 is 2.00. The van der Waals surface area contributed by atoms with Crippen molar-refractivity contribution in [1.82, 2.24) is 25.1 Å². The van der Waals surface area contributed by atoms with E-state index < -0.39 is 6.04 Å². The van der Waals surface area contributed by atoms with E-state index in [4.69, 9.17) is 0 Å². The monoisotopic (exact) mass is 369 g/mol. The van der Waals surface area contributed by atoms with E-state index in [0.717, 1.165) is 23.6 Å². The second kappa shape index (κ2) is 8.35. The summed E-state index contributed by atoms with van der Waals surface area (Å²) in [6.45, 7) is 7.84. The quantitative estimate of drug-likeness (QED) is 0.807. The molecule has 2 heterocycles. The average Bonchev–Trinajstić information content (AvgIpc) is 3.07. The number of imidazole rings is 1. The van der Waals surface area contributed by atoms with Gasteiger partial charge in [-0.05, 0) is 32.4 Å². The van der Waals surface area contributed by atoms with Crippen LogP contribution in [0.5, 0.6) is 0 Å². The van der Waals surface area contributed by atoms with E-state index in [0.29, 0.717) is 13.1 Å². The maximum Gasteiger partial charge on any atom is 0.237 e. The largest absolute Gasteiger partial charge is 0.353 e. The van der Waals surface area contributed by atoms with Gasteiger partial charge in [0.1, 0.15) is 5.82 Å². The SMILES string of the molecule is Cc1nccn1-c1ccccc1CNC(=O)C[C@@H]1C(=O)NCCN1C(C)C. The van der Waals surface area contributed by atoms with E-state index in [2.05, 4.69) is 20.5 Å². The molecular formula is C20H27N5O2. The van der Waals surface area contributed by atoms with Crippen LogP contribution in [0.15, 0.2) is 36.7 Å². The maximum absolute atomic E-state index is 12.5. The minimum atomic E-state index is -0.412. The highest BCUT2D eigenvalue weighted by atomic mass is 16.2. The fraction of sp³-hybridized carbons (Fsp3) is 0.450. The number of hydrogen-bond acceptors (Lipinski definition) is 4. The van der Waals surface area contributed by atoms with Gasteiger partial charge in [0.15, 0.2) is 0 Å². The van der Waals surface area contributed by atoms with Crippen molar-refractivity contribution in [3.63, 3.8) is 0 Å². The predicted octanol–water partition coefficient (Wildman–Crippen LogP) is 1.40. The fourth-order valence-corrected chi connectivity index (χ4v) is 3.53. The molecular weight excluding hydrogens is 342 g/mol. The molecule has 0 bridgehead atoms. The summed E-state index contributed by atoms with van der Waals surface area (Å²) in [7, 11) is 0. The molecule has 0 unspecified atom stereocenters. The van der Waals surface area contributed by atoms with Gasteiger partial charge in [-0.1, -0.05) is 18.2 Å². The highest BCUT2D eigenvalue weighted by Crippen LogP contribution is 2.17. The summed E-state index contributed by atoms with van der Waals surface area (Å²) in [6, 6.07) is 7.72. The molecule has 2 N–H and O–H groups in total. The fourth-order valence-electron chi connectivity index (χ4n) is 3.53. The Morgan fingerprint density at radius 3 is 2.85 bits per heavy atom. The van der Waals surface area contributed by atoms with Crippen LogP contribution in [0.1, 0.15) is 31.7 Å². The number of para-hydroxylation sites is 1. The molecule has 0 aliphatic carbocycles. The van der Waals surface area contributed by atoms with E-state index in [1.54, 1.807) is 6.20 Å². The van der Waals surface area contributed by atoms with Gasteiger partial charge in [0.25, 0.3) is 0 Å². The number of benzene rings is 1. The van der Waals surface area contributed by atoms with Gasteiger partial charge < -0.3 is 15.2 Å². The van der Waals surface area contributed by atoms with Crippen LogP contribution in [0.4, 0.5) is 0 Å². The van der Waals surface area contributed by atoms with Crippen LogP contribution >= 0.6 is 0 Å². The van der Waals surface area contributed by atoms with Gasteiger partial charge in [0.2, 0.25) is 11.8 Å². The molecule has 0 spiro atoms. The van der Waals surface area contributed by atoms with Gasteiger partial charge in [0.05, 0.1) is 18.2 Å². The Hall–Kier alpha value is -2.67. The number of nitrogens with one attached hydrogen (secondary N) is 2. The molecule has 1 fully saturated rings. The molecule has 0 saturated carbocycles. The summed E-state index contributed by atoms with van der Waals surface area (Å²) >= 11 is 0. The van der Waals surface area contributed by atoms with Crippen molar-refractivity contribution in [3.05, 3.63) is 48.0 Å². The van der Waals surface area contributed by atoms with E-state index in [1.807, 2.05) is 55.8 Å². The van der Waals surface area contributed by atoms with Crippen LogP contribution in [-0.2, 0) is 16.1 Å². The molecule has 7 heteroatoms. The van der Waals surface area contributed by atoms with Gasteiger partial charge in [-0.2, -0.15) is 0 Å². The van der Waals surface area contributed by atoms with Crippen LogP contribution in [0.2, 0.25) is 0 Å². The van der Waals surface area contributed by atoms with E-state index >= 15 is 0 Å². The lowest BCUT2D eigenvalue weighted by Gasteiger charge is -2.37. The molecule has 1 aromatic heterocycles. The maximum atomic E-state index is 12.5. The normalized spacial score (nSPS) is 17.8. The van der Waals surface area contributed by atoms with Crippen molar-refractivity contribution >= 4 is 11.8 Å². The minimum Gasteiger partial charge on any atom is -0.353 e. The predicted molar refractivity (Wildman–Crippen MR) is 103 cm³/mol. The molecule has 1 aliphatic heterocycles. The van der Waals surface area contributed by atoms with Crippen molar-refractivity contribution < 1.29 is 9.59 Å². The standard InChI is InChI=1S/C20H27N5O2/c1-14(2)24-10-9-22-20(27)18(24)12-19(26)23-13-16-6-4-5-7-17(16)25-11-8-21-15(25)3/h4-8,11,14,18H,9-10,12-13H2,1-3H3,(H,22,27)(H,23,26)/t18-/m1/s1. The number of piperazine rings is 1. The molecule has 1 aromatic carbocycles. The van der Waals surface area contributed by atoms with Crippen LogP contribution in [0, 0.1) is 6.92 Å². The van der Waals surface area contributed by atoms with Gasteiger partial charge in [-0.15, -0.1) is 0 Å². The topological polar surface area (TPSA) is 79.3 Å². The molecule has 27 heavy (non-hydrogen) atoms. The smallest absolute Gasteiger partial charge is 0.237 e. The van der Waals surface area contributed by atoms with E-state index in [9.17, 15) is 9.59 Å². The molecule has 3 rings (SSSR count). The van der Waals surface area contributed by atoms with Gasteiger partial charge >= 0.3 is 0 Å². The Balaban J connectivity index is 1.66. The summed E-state index contributed by atoms with van der Waals surface area (Å²) in [4.78, 5) is 31.1. The third kappa shape index (κ3) is 4.36. The number of rotatable bonds is 6. The Kier molecular flexibility index (Phi) is 5.91. The van der Waals surface area contributed by atoms with Crippen molar-refractivity contribution in [1.29, 1.82) is 0 Å². The zero-order valence-electron chi connectivity index (χ0n) is 16.1. The molecule has 0 radical (unpaired) electrons. The molecule has 1 aliphatic rings. The zero-order chi connectivity index (χ0) is 19.4. The first-order valence-electron chi connectivity index (χ1n) is 9.35. The number of amides is 2. The van der Waals surface area contributed by atoms with Crippen molar-refractivity contribution in [2.24, 2.45) is 0 Å². The van der Waals surface area contributed by atoms with Crippen LogP contribution < -0.4 is 10.6 Å². The first-order valence-corrected chi connectivity index (χ1v) is 9.35. The first-order chi connectivity index (χ1) is 13.0. The van der Waals surface area contributed by atoms with E-state index in [-0.39, 0.29) is 24.3 Å². The Labute approximate surface area is 159 Å². The average molecular weight is 369 g/mol. The molecule has 2 aromatic rings. The summed E-state index contributed by atoms with van der Waals surface area (Å²) in [5.74, 6) is 0.694. The molecule has 2 amide bonds. The molecule has 7 nitrogen and oxygen atoms in total. The summed E-state index contributed by atoms with van der Waals surface area (Å²) in [5, 5.41) is 5.83. The highest BCUT2D eigenvalue weighted by Gasteiger charge is 2.32. The number of carbonyl (C=O) groups is 2. The Morgan fingerprint density at radius 1 is 1.37 bits per heavy atom. The molecule has 1 atom stereocenters. The van der Waals surface area contributed by atoms with Crippen molar-refractivity contribution in [2.45, 2.75) is 45.8 Å². The Bertz CT molecular complexity index is 814. The third-order valence-electron chi connectivity index (χ3n) is 4.97. The lowest BCUT2D eigenvalue weighted by Crippen LogP contribution is -2.58. The van der Waals surface area contributed by atoms with E-state index in [1.165, 1.54) is 0 Å². The summed E-state index contributed by atoms with van der Waals surface area (Å²) in [6.07, 6.45) is 3.83. The lowest BCUT2D eigenvalue weighted by molar-refractivity contribution is -0.134. The lowest BCUT2D eigenvalue weighted by atomic mass is 10.1. The number of aromatic nitrogens is 2. The number of hydrogen-bond donors (Lipinski definition) is 2. The third-order valence-corrected chi connectivity index (χ3v) is 4.97. The molecule has 1 saturated heterocycles. The summed E-state index contributed by atoms with van der Waals surface area (Å²) in [5.41, 5.74) is 1.99. The number of aryl methyl sites for hydroxylation is 1. The van der Waals surface area contributed by atoms with Crippen molar-refractivity contribution in [2.75, 3.05) is 13.1 Å². The van der Waals surface area contributed by atoms with Crippen LogP contribution in [-0.4, -0.2) is 51.4 Å². The highest BCUT2D eigenvalue weighted by molar-refractivity contribution is 5.88. The van der Waals surface area contributed by atoms with Gasteiger partial charge in [-0.3, -0.25) is 14.5 Å². The molecule has 144 valence electrons. The second-order valence-corrected chi connectivity index (χ2v) is 7.09. The van der Waals surface area contributed by atoms with Crippen LogP contribution in [0.3, 0.4) is 0 Å². The van der Waals surface area contributed by atoms with Crippen molar-refractivity contribution in [3.8, 4) is 5.69 Å². The minimum absolute atomic E-state index is 0.0699. The Morgan fingerprint density at radius 2 is 2.15 bits per heavy atom. The zero-order valence-corrected chi connectivity index (χ0v) is 16.1. The van der Waals surface area contributed by atoms with Gasteiger partial charge in [-0.25, -0.2) is 4.98 Å². The van der Waals surface area contributed by atoms with Gasteiger partial charge in [0, 0.05) is 38.1 Å².